The van der Waals surface area contributed by atoms with Crippen LogP contribution in [0.5, 0.6) is 5.75 Å². The first-order chi connectivity index (χ1) is 14.5. The van der Waals surface area contributed by atoms with Gasteiger partial charge < -0.3 is 15.4 Å². The minimum absolute atomic E-state index is 0.0648. The van der Waals surface area contributed by atoms with Crippen LogP contribution in [0.2, 0.25) is 0 Å². The number of benzene rings is 2. The zero-order valence-corrected chi connectivity index (χ0v) is 17.9. The molecule has 0 saturated heterocycles. The summed E-state index contributed by atoms with van der Waals surface area (Å²) in [5.41, 5.74) is 1.01. The molecule has 0 radical (unpaired) electrons. The minimum Gasteiger partial charge on any atom is -0.484 e. The van der Waals surface area contributed by atoms with Crippen molar-refractivity contribution in [2.24, 2.45) is 0 Å². The van der Waals surface area contributed by atoms with Crippen LogP contribution < -0.4 is 20.9 Å². The van der Waals surface area contributed by atoms with E-state index in [9.17, 15) is 14.4 Å². The number of carbonyl (C=O) groups excluding carboxylic acids is 2. The number of hydrogen-bond donors (Lipinski definition) is 2. The summed E-state index contributed by atoms with van der Waals surface area (Å²) in [5, 5.41) is 5.91. The molecule has 0 fully saturated rings. The Labute approximate surface area is 181 Å². The number of nitrogens with zero attached hydrogens (tertiary/aromatic N) is 2. The van der Waals surface area contributed by atoms with Crippen LogP contribution in [0.4, 0.5) is 5.69 Å². The molecule has 0 saturated carbocycles. The van der Waals surface area contributed by atoms with E-state index in [1.165, 1.54) is 10.9 Å². The predicted octanol–water partition coefficient (Wildman–Crippen LogP) is 2.70. The molecule has 0 aliphatic rings. The highest BCUT2D eigenvalue weighted by atomic mass is 79.9. The van der Waals surface area contributed by atoms with E-state index >= 15 is 0 Å². The van der Waals surface area contributed by atoms with Crippen molar-refractivity contribution < 1.29 is 14.3 Å². The lowest BCUT2D eigenvalue weighted by atomic mass is 10.2. The van der Waals surface area contributed by atoms with Gasteiger partial charge in [0, 0.05) is 29.7 Å². The Balaban J connectivity index is 1.55. The number of ether oxygens (including phenoxy) is 1. The topological polar surface area (TPSA) is 102 Å². The van der Waals surface area contributed by atoms with E-state index in [-0.39, 0.29) is 36.9 Å². The predicted molar refractivity (Wildman–Crippen MR) is 118 cm³/mol. The van der Waals surface area contributed by atoms with Gasteiger partial charge in [0.25, 0.3) is 11.5 Å². The first-order valence-electron chi connectivity index (χ1n) is 9.40. The molecule has 156 valence electrons. The van der Waals surface area contributed by atoms with E-state index in [2.05, 4.69) is 31.5 Å². The Morgan fingerprint density at radius 1 is 1.13 bits per heavy atom. The second kappa shape index (κ2) is 10.0. The largest absolute Gasteiger partial charge is 0.484 e. The van der Waals surface area contributed by atoms with Crippen LogP contribution >= 0.6 is 15.9 Å². The van der Waals surface area contributed by atoms with Crippen molar-refractivity contribution in [3.63, 3.8) is 0 Å². The molecule has 3 rings (SSSR count). The van der Waals surface area contributed by atoms with Crippen molar-refractivity contribution in [2.45, 2.75) is 19.9 Å². The maximum absolute atomic E-state index is 12.6. The van der Waals surface area contributed by atoms with Crippen LogP contribution in [0.25, 0.3) is 10.9 Å². The van der Waals surface area contributed by atoms with E-state index in [0.29, 0.717) is 28.9 Å². The third-order valence-corrected chi connectivity index (χ3v) is 4.74. The first-order valence-corrected chi connectivity index (χ1v) is 10.2. The summed E-state index contributed by atoms with van der Waals surface area (Å²) in [4.78, 5) is 40.5. The number of fused-ring (bicyclic) bond motifs is 1. The third kappa shape index (κ3) is 5.66. The molecule has 3 aromatic rings. The Bertz CT molecular complexity index is 1110. The molecule has 1 aromatic heterocycles. The van der Waals surface area contributed by atoms with E-state index in [0.717, 1.165) is 4.47 Å². The number of aromatic nitrogens is 2. The number of nitrogens with one attached hydrogen (secondary N) is 2. The number of hydrogen-bond acceptors (Lipinski definition) is 5. The lowest BCUT2D eigenvalue weighted by Gasteiger charge is -2.09. The number of anilines is 1. The Hall–Kier alpha value is -3.20. The van der Waals surface area contributed by atoms with Crippen LogP contribution in [0.1, 0.15) is 13.3 Å². The maximum Gasteiger partial charge on any atom is 0.261 e. The highest BCUT2D eigenvalue weighted by molar-refractivity contribution is 9.10. The standard InChI is InChI=1S/C21H21BrN4O4/c1-2-23-20(28)12-30-16-6-4-15(5-7-16)25-19(27)9-10-26-13-24-18-8-3-14(22)11-17(18)21(26)29/h3-8,11,13H,2,9-10,12H2,1H3,(H,23,28)(H,25,27). The average molecular weight is 473 g/mol. The summed E-state index contributed by atoms with van der Waals surface area (Å²) in [5.74, 6) is 0.104. The van der Waals surface area contributed by atoms with Gasteiger partial charge in [0.1, 0.15) is 5.75 Å². The van der Waals surface area contributed by atoms with E-state index in [1.54, 1.807) is 36.4 Å². The van der Waals surface area contributed by atoms with Crippen LogP contribution in [-0.4, -0.2) is 34.5 Å². The van der Waals surface area contributed by atoms with Gasteiger partial charge in [-0.3, -0.25) is 19.0 Å². The fraction of sp³-hybridized carbons (Fsp3) is 0.238. The van der Waals surface area contributed by atoms with Gasteiger partial charge in [-0.2, -0.15) is 0 Å². The summed E-state index contributed by atoms with van der Waals surface area (Å²) in [6.45, 7) is 2.53. The first kappa shape index (κ1) is 21.5. The molecular weight excluding hydrogens is 452 g/mol. The van der Waals surface area contributed by atoms with Crippen molar-refractivity contribution >= 4 is 44.3 Å². The normalized spacial score (nSPS) is 10.6. The summed E-state index contributed by atoms with van der Waals surface area (Å²) in [6.07, 6.45) is 1.57. The number of halogens is 1. The van der Waals surface area contributed by atoms with Gasteiger partial charge in [-0.15, -0.1) is 0 Å². The lowest BCUT2D eigenvalue weighted by molar-refractivity contribution is -0.123. The lowest BCUT2D eigenvalue weighted by Crippen LogP contribution is -2.28. The van der Waals surface area contributed by atoms with Crippen molar-refractivity contribution in [3.8, 4) is 5.75 Å². The Kier molecular flexibility index (Phi) is 7.18. The Morgan fingerprint density at radius 2 is 1.90 bits per heavy atom. The molecule has 1 heterocycles. The molecule has 0 spiro atoms. The third-order valence-electron chi connectivity index (χ3n) is 4.25. The number of aryl methyl sites for hydroxylation is 1. The van der Waals surface area contributed by atoms with Crippen molar-refractivity contribution in [3.05, 3.63) is 63.6 Å². The van der Waals surface area contributed by atoms with Gasteiger partial charge in [0.15, 0.2) is 6.61 Å². The zero-order valence-electron chi connectivity index (χ0n) is 16.4. The van der Waals surface area contributed by atoms with Crippen molar-refractivity contribution in [1.29, 1.82) is 0 Å². The minimum atomic E-state index is -0.229. The molecule has 0 aliphatic carbocycles. The molecule has 30 heavy (non-hydrogen) atoms. The number of likely N-dealkylation sites (N-methyl/N-ethyl adjacent to an activating group) is 1. The van der Waals surface area contributed by atoms with Crippen molar-refractivity contribution in [2.75, 3.05) is 18.5 Å². The van der Waals surface area contributed by atoms with Crippen LogP contribution in [0.15, 0.2) is 58.1 Å². The SMILES string of the molecule is CCNC(=O)COc1ccc(NC(=O)CCn2cnc3ccc(Br)cc3c2=O)cc1. The van der Waals surface area contributed by atoms with Crippen LogP contribution in [-0.2, 0) is 16.1 Å². The molecule has 0 unspecified atom stereocenters. The van der Waals surface area contributed by atoms with E-state index in [1.807, 2.05) is 13.0 Å². The molecule has 9 heteroatoms. The molecule has 2 amide bonds. The second-order valence-corrected chi connectivity index (χ2v) is 7.38. The molecule has 0 atom stereocenters. The average Bonchev–Trinajstić information content (AvgIpc) is 2.73. The molecule has 2 aromatic carbocycles. The van der Waals surface area contributed by atoms with Gasteiger partial charge in [-0.25, -0.2) is 4.98 Å². The molecule has 8 nitrogen and oxygen atoms in total. The highest BCUT2D eigenvalue weighted by Crippen LogP contribution is 2.16. The van der Waals surface area contributed by atoms with Gasteiger partial charge in [-0.1, -0.05) is 15.9 Å². The smallest absolute Gasteiger partial charge is 0.261 e. The van der Waals surface area contributed by atoms with Crippen LogP contribution in [0, 0.1) is 0 Å². The van der Waals surface area contributed by atoms with Gasteiger partial charge in [0.05, 0.1) is 17.2 Å². The molecular formula is C21H21BrN4O4. The van der Waals surface area contributed by atoms with Crippen LogP contribution in [0.3, 0.4) is 0 Å². The quantitative estimate of drug-likeness (QED) is 0.524. The summed E-state index contributed by atoms with van der Waals surface area (Å²) in [7, 11) is 0. The summed E-state index contributed by atoms with van der Waals surface area (Å²) < 4.78 is 7.59. The molecule has 2 N–H and O–H groups in total. The van der Waals surface area contributed by atoms with Crippen molar-refractivity contribution in [1.82, 2.24) is 14.9 Å². The molecule has 0 bridgehead atoms. The number of rotatable bonds is 8. The number of carbonyl (C=O) groups is 2. The van der Waals surface area contributed by atoms with Gasteiger partial charge in [0.2, 0.25) is 5.91 Å². The van der Waals surface area contributed by atoms with E-state index < -0.39 is 0 Å². The van der Waals surface area contributed by atoms with E-state index in [4.69, 9.17) is 4.74 Å². The molecule has 0 aliphatic heterocycles. The summed E-state index contributed by atoms with van der Waals surface area (Å²) >= 11 is 3.35. The fourth-order valence-electron chi connectivity index (χ4n) is 2.77. The second-order valence-electron chi connectivity index (χ2n) is 6.47. The zero-order chi connectivity index (χ0) is 21.5. The fourth-order valence-corrected chi connectivity index (χ4v) is 3.13. The monoisotopic (exact) mass is 472 g/mol. The Morgan fingerprint density at radius 3 is 2.63 bits per heavy atom. The number of amides is 2. The van der Waals surface area contributed by atoms with Gasteiger partial charge in [-0.05, 0) is 49.4 Å². The van der Waals surface area contributed by atoms with Gasteiger partial charge >= 0.3 is 0 Å². The highest BCUT2D eigenvalue weighted by Gasteiger charge is 2.08. The maximum atomic E-state index is 12.6. The summed E-state index contributed by atoms with van der Waals surface area (Å²) in [6, 6.07) is 12.0.